The van der Waals surface area contributed by atoms with Crippen molar-refractivity contribution in [2.45, 2.75) is 63.0 Å². The first kappa shape index (κ1) is 23.1. The second kappa shape index (κ2) is 9.26. The highest BCUT2D eigenvalue weighted by atomic mass is 32.2. The Morgan fingerprint density at radius 2 is 1.63 bits per heavy atom. The SMILES string of the molecule is O=C(CC1SC(N2CCCC2)=NC1=O)Nc1ccc(C(=O)NCC23CC4CC(CC(C4)C2)C3)cc1. The molecule has 1 unspecified atom stereocenters. The molecule has 1 aromatic carbocycles. The first-order valence-electron chi connectivity index (χ1n) is 13.2. The lowest BCUT2D eigenvalue weighted by molar-refractivity contribution is -0.121. The Morgan fingerprint density at radius 3 is 2.26 bits per heavy atom. The molecule has 0 aromatic heterocycles. The molecule has 8 heteroatoms. The molecule has 2 N–H and O–H groups in total. The van der Waals surface area contributed by atoms with Gasteiger partial charge >= 0.3 is 0 Å². The van der Waals surface area contributed by atoms with Gasteiger partial charge in [-0.25, -0.2) is 0 Å². The Bertz CT molecular complexity index is 1010. The molecule has 1 atom stereocenters. The number of anilines is 1. The second-order valence-corrected chi connectivity index (χ2v) is 12.6. The maximum Gasteiger partial charge on any atom is 0.262 e. The molecule has 5 fully saturated rings. The molecule has 4 saturated carbocycles. The largest absolute Gasteiger partial charge is 0.351 e. The molecular formula is C27H34N4O3S. The minimum absolute atomic E-state index is 0.0434. The van der Waals surface area contributed by atoms with Gasteiger partial charge in [0.2, 0.25) is 5.91 Å². The highest BCUT2D eigenvalue weighted by molar-refractivity contribution is 8.15. The fourth-order valence-corrected chi connectivity index (χ4v) is 8.63. The molecule has 4 aliphatic carbocycles. The summed E-state index contributed by atoms with van der Waals surface area (Å²) in [5, 5.41) is 6.37. The molecule has 7 nitrogen and oxygen atoms in total. The Hall–Kier alpha value is -2.35. The van der Waals surface area contributed by atoms with Gasteiger partial charge in [0, 0.05) is 37.3 Å². The summed E-state index contributed by atoms with van der Waals surface area (Å²) in [7, 11) is 0. The van der Waals surface area contributed by atoms with Gasteiger partial charge in [-0.2, -0.15) is 4.99 Å². The lowest BCUT2D eigenvalue weighted by Crippen LogP contribution is -2.51. The number of likely N-dealkylation sites (tertiary alicyclic amines) is 1. The highest BCUT2D eigenvalue weighted by Gasteiger charge is 2.50. The van der Waals surface area contributed by atoms with Crippen LogP contribution in [0.5, 0.6) is 0 Å². The number of amides is 3. The lowest BCUT2D eigenvalue weighted by atomic mass is 9.49. The van der Waals surface area contributed by atoms with Crippen molar-refractivity contribution in [1.29, 1.82) is 0 Å². The van der Waals surface area contributed by atoms with E-state index in [0.29, 0.717) is 16.7 Å². The third-order valence-corrected chi connectivity index (χ3v) is 9.91. The van der Waals surface area contributed by atoms with Crippen molar-refractivity contribution in [1.82, 2.24) is 10.2 Å². The summed E-state index contributed by atoms with van der Waals surface area (Å²) in [5.41, 5.74) is 1.55. The fraction of sp³-hybridized carbons (Fsp3) is 0.630. The van der Waals surface area contributed by atoms with Crippen molar-refractivity contribution in [3.63, 3.8) is 0 Å². The van der Waals surface area contributed by atoms with Gasteiger partial charge in [0.15, 0.2) is 5.17 Å². The van der Waals surface area contributed by atoms with E-state index in [1.54, 1.807) is 24.3 Å². The number of aliphatic imine (C=N–C) groups is 1. The highest BCUT2D eigenvalue weighted by Crippen LogP contribution is 2.59. The van der Waals surface area contributed by atoms with Gasteiger partial charge in [0.05, 0.1) is 0 Å². The summed E-state index contributed by atoms with van der Waals surface area (Å²) in [6, 6.07) is 7.03. The number of hydrogen-bond donors (Lipinski definition) is 2. The van der Waals surface area contributed by atoms with Gasteiger partial charge in [-0.15, -0.1) is 0 Å². The van der Waals surface area contributed by atoms with E-state index in [9.17, 15) is 14.4 Å². The standard InChI is InChI=1S/C27H34N4O3S/c32-23(12-22-25(34)30-26(35-22)31-7-1-2-8-31)29-21-5-3-20(4-6-21)24(33)28-16-27-13-17-9-18(14-27)11-19(10-17)15-27/h3-6,17-19,22H,1-2,7-16H2,(H,28,33)(H,29,32). The predicted octanol–water partition coefficient (Wildman–Crippen LogP) is 4.06. The van der Waals surface area contributed by atoms with Crippen molar-refractivity contribution < 1.29 is 14.4 Å². The van der Waals surface area contributed by atoms with Crippen LogP contribution >= 0.6 is 11.8 Å². The minimum atomic E-state index is -0.458. The molecule has 6 aliphatic rings. The van der Waals surface area contributed by atoms with Crippen molar-refractivity contribution in [2.24, 2.45) is 28.2 Å². The van der Waals surface area contributed by atoms with Crippen molar-refractivity contribution >= 4 is 40.3 Å². The summed E-state index contributed by atoms with van der Waals surface area (Å²) in [5.74, 6) is 2.14. The quantitative estimate of drug-likeness (QED) is 0.623. The zero-order chi connectivity index (χ0) is 24.0. The predicted molar refractivity (Wildman–Crippen MR) is 137 cm³/mol. The first-order chi connectivity index (χ1) is 16.9. The van der Waals surface area contributed by atoms with Crippen LogP contribution in [0.25, 0.3) is 0 Å². The van der Waals surface area contributed by atoms with Gasteiger partial charge in [0.1, 0.15) is 5.25 Å². The van der Waals surface area contributed by atoms with E-state index in [1.807, 2.05) is 0 Å². The van der Waals surface area contributed by atoms with Gasteiger partial charge in [-0.1, -0.05) is 11.8 Å². The third-order valence-electron chi connectivity index (χ3n) is 8.70. The number of nitrogens with one attached hydrogen (secondary N) is 2. The number of nitrogens with zero attached hydrogens (tertiary/aromatic N) is 2. The topological polar surface area (TPSA) is 90.9 Å². The van der Waals surface area contributed by atoms with Crippen LogP contribution in [0, 0.1) is 23.2 Å². The molecule has 2 aliphatic heterocycles. The van der Waals surface area contributed by atoms with Crippen molar-refractivity contribution in [3.05, 3.63) is 29.8 Å². The van der Waals surface area contributed by atoms with Crippen LogP contribution in [-0.2, 0) is 9.59 Å². The zero-order valence-electron chi connectivity index (χ0n) is 20.1. The minimum Gasteiger partial charge on any atom is -0.351 e. The van der Waals surface area contributed by atoms with Crippen molar-refractivity contribution in [3.8, 4) is 0 Å². The Balaban J connectivity index is 0.986. The Kier molecular flexibility index (Phi) is 6.11. The van der Waals surface area contributed by atoms with Crippen LogP contribution in [0.1, 0.15) is 68.1 Å². The summed E-state index contributed by atoms with van der Waals surface area (Å²) in [6.07, 6.45) is 10.4. The van der Waals surface area contributed by atoms with E-state index in [4.69, 9.17) is 0 Å². The first-order valence-corrected chi connectivity index (χ1v) is 14.0. The molecule has 3 amide bonds. The molecule has 0 radical (unpaired) electrons. The number of amidine groups is 1. The number of rotatable bonds is 6. The summed E-state index contributed by atoms with van der Waals surface area (Å²) in [4.78, 5) is 43.9. The van der Waals surface area contributed by atoms with Crippen LogP contribution in [0.15, 0.2) is 29.3 Å². The van der Waals surface area contributed by atoms with E-state index in [2.05, 4.69) is 20.5 Å². The summed E-state index contributed by atoms with van der Waals surface area (Å²) >= 11 is 1.40. The molecule has 1 aromatic rings. The average molecular weight is 495 g/mol. The molecule has 35 heavy (non-hydrogen) atoms. The summed E-state index contributed by atoms with van der Waals surface area (Å²) < 4.78 is 0. The van der Waals surface area contributed by atoms with Crippen molar-refractivity contribution in [2.75, 3.05) is 25.0 Å². The van der Waals surface area contributed by atoms with E-state index >= 15 is 0 Å². The Labute approximate surface area is 210 Å². The normalized spacial score (nSPS) is 33.2. The molecule has 7 rings (SSSR count). The number of carbonyl (C=O) groups is 3. The van der Waals surface area contributed by atoms with Crippen LogP contribution in [0.2, 0.25) is 0 Å². The maximum absolute atomic E-state index is 12.8. The lowest BCUT2D eigenvalue weighted by Gasteiger charge is -2.56. The smallest absolute Gasteiger partial charge is 0.262 e. The van der Waals surface area contributed by atoms with E-state index in [-0.39, 0.29) is 24.1 Å². The number of hydrogen-bond acceptors (Lipinski definition) is 5. The molecule has 1 saturated heterocycles. The van der Waals surface area contributed by atoms with E-state index in [1.165, 1.54) is 50.3 Å². The zero-order valence-corrected chi connectivity index (χ0v) is 20.9. The third kappa shape index (κ3) is 4.86. The van der Waals surface area contributed by atoms with E-state index in [0.717, 1.165) is 55.4 Å². The average Bonchev–Trinajstić information content (AvgIpc) is 3.47. The molecule has 0 spiro atoms. The van der Waals surface area contributed by atoms with E-state index < -0.39 is 5.25 Å². The van der Waals surface area contributed by atoms with Crippen LogP contribution in [0.4, 0.5) is 5.69 Å². The van der Waals surface area contributed by atoms with Crippen LogP contribution in [-0.4, -0.2) is 52.7 Å². The molecule has 186 valence electrons. The number of benzene rings is 1. The fourth-order valence-electron chi connectivity index (χ4n) is 7.51. The van der Waals surface area contributed by atoms with Crippen LogP contribution < -0.4 is 10.6 Å². The Morgan fingerprint density at radius 1 is 1.00 bits per heavy atom. The second-order valence-electron chi connectivity index (χ2n) is 11.5. The van der Waals surface area contributed by atoms with Gasteiger partial charge in [0.25, 0.3) is 11.8 Å². The van der Waals surface area contributed by atoms with Gasteiger partial charge < -0.3 is 15.5 Å². The number of thioether (sulfide) groups is 1. The summed E-state index contributed by atoms with van der Waals surface area (Å²) in [6.45, 7) is 2.64. The van der Waals surface area contributed by atoms with Gasteiger partial charge in [-0.05, 0) is 98.8 Å². The van der Waals surface area contributed by atoms with Crippen LogP contribution in [0.3, 0.4) is 0 Å². The monoisotopic (exact) mass is 494 g/mol. The van der Waals surface area contributed by atoms with Gasteiger partial charge in [-0.3, -0.25) is 14.4 Å². The molecule has 2 heterocycles. The molecule has 4 bridgehead atoms. The molecular weight excluding hydrogens is 460 g/mol. The number of carbonyl (C=O) groups excluding carboxylic acids is 3. The maximum atomic E-state index is 12.8.